The molecular weight excluding hydrogens is 350 g/mol. The summed E-state index contributed by atoms with van der Waals surface area (Å²) in [6.45, 7) is 8.26. The zero-order valence-corrected chi connectivity index (χ0v) is 17.1. The van der Waals surface area contributed by atoms with Gasteiger partial charge in [0.05, 0.1) is 12.1 Å². The standard InChI is InChI=1S/C23H33N3O2/c1-3-24-23(25-13-6-14-28-22-11-15-27-16-12-22)26-18(2)20-10-9-19-7-4-5-8-21(19)17-20/h4-5,7-10,17-18,22H,3,6,11-16H2,1-2H3,(H2,24,25,26). The van der Waals surface area contributed by atoms with E-state index in [1.54, 1.807) is 0 Å². The summed E-state index contributed by atoms with van der Waals surface area (Å²) < 4.78 is 11.3. The minimum atomic E-state index is 0.181. The largest absolute Gasteiger partial charge is 0.381 e. The second-order valence-corrected chi connectivity index (χ2v) is 7.27. The molecule has 0 spiro atoms. The summed E-state index contributed by atoms with van der Waals surface area (Å²) in [6.07, 6.45) is 3.31. The first kappa shape index (κ1) is 20.6. The van der Waals surface area contributed by atoms with E-state index in [1.807, 2.05) is 0 Å². The molecule has 28 heavy (non-hydrogen) atoms. The van der Waals surface area contributed by atoms with Gasteiger partial charge in [-0.15, -0.1) is 0 Å². The van der Waals surface area contributed by atoms with Crippen LogP contribution in [0.5, 0.6) is 0 Å². The zero-order valence-electron chi connectivity index (χ0n) is 17.1. The predicted octanol–water partition coefficient (Wildman–Crippen LogP) is 4.04. The van der Waals surface area contributed by atoms with Crippen molar-refractivity contribution in [3.63, 3.8) is 0 Å². The Bertz CT molecular complexity index is 756. The molecule has 0 aliphatic carbocycles. The summed E-state index contributed by atoms with van der Waals surface area (Å²) in [6, 6.07) is 15.3. The Morgan fingerprint density at radius 1 is 1.18 bits per heavy atom. The lowest BCUT2D eigenvalue weighted by Crippen LogP contribution is -2.38. The van der Waals surface area contributed by atoms with E-state index in [4.69, 9.17) is 14.5 Å². The van der Waals surface area contributed by atoms with Crippen LogP contribution in [0.15, 0.2) is 47.5 Å². The van der Waals surface area contributed by atoms with E-state index >= 15 is 0 Å². The fourth-order valence-electron chi connectivity index (χ4n) is 3.43. The SMILES string of the molecule is CCNC(=NCCCOC1CCOCC1)NC(C)c1ccc2ccccc2c1. The molecule has 1 fully saturated rings. The molecule has 5 nitrogen and oxygen atoms in total. The van der Waals surface area contributed by atoms with Crippen molar-refractivity contribution in [3.05, 3.63) is 48.0 Å². The average Bonchev–Trinajstić information content (AvgIpc) is 2.74. The van der Waals surface area contributed by atoms with Crippen molar-refractivity contribution in [2.24, 2.45) is 4.99 Å². The van der Waals surface area contributed by atoms with Gasteiger partial charge in [-0.1, -0.05) is 36.4 Å². The lowest BCUT2D eigenvalue weighted by molar-refractivity contribution is -0.0318. The third-order valence-corrected chi connectivity index (χ3v) is 5.07. The van der Waals surface area contributed by atoms with Gasteiger partial charge in [0, 0.05) is 32.9 Å². The van der Waals surface area contributed by atoms with Crippen LogP contribution in [0.2, 0.25) is 0 Å². The fraction of sp³-hybridized carbons (Fsp3) is 0.522. The van der Waals surface area contributed by atoms with E-state index < -0.39 is 0 Å². The van der Waals surface area contributed by atoms with Crippen molar-refractivity contribution in [2.75, 3.05) is 32.9 Å². The second kappa shape index (κ2) is 11.0. The van der Waals surface area contributed by atoms with Gasteiger partial charge in [0.25, 0.3) is 0 Å². The van der Waals surface area contributed by atoms with E-state index in [0.29, 0.717) is 6.10 Å². The molecule has 0 amide bonds. The zero-order chi connectivity index (χ0) is 19.6. The number of rotatable bonds is 8. The van der Waals surface area contributed by atoms with Crippen LogP contribution in [0.4, 0.5) is 0 Å². The first-order valence-electron chi connectivity index (χ1n) is 10.5. The van der Waals surface area contributed by atoms with Gasteiger partial charge >= 0.3 is 0 Å². The van der Waals surface area contributed by atoms with Crippen LogP contribution in [0.25, 0.3) is 10.8 Å². The Morgan fingerprint density at radius 3 is 2.75 bits per heavy atom. The summed E-state index contributed by atoms with van der Waals surface area (Å²) in [4.78, 5) is 4.71. The Balaban J connectivity index is 1.49. The second-order valence-electron chi connectivity index (χ2n) is 7.27. The van der Waals surface area contributed by atoms with Gasteiger partial charge in [0.2, 0.25) is 0 Å². The molecule has 0 saturated carbocycles. The number of guanidine groups is 1. The number of hydrogen-bond donors (Lipinski definition) is 2. The third-order valence-electron chi connectivity index (χ3n) is 5.07. The minimum absolute atomic E-state index is 0.181. The van der Waals surface area contributed by atoms with Crippen molar-refractivity contribution in [3.8, 4) is 0 Å². The molecule has 152 valence electrons. The minimum Gasteiger partial charge on any atom is -0.381 e. The highest BCUT2D eigenvalue weighted by molar-refractivity contribution is 5.84. The first-order valence-corrected chi connectivity index (χ1v) is 10.5. The summed E-state index contributed by atoms with van der Waals surface area (Å²) in [5.41, 5.74) is 1.26. The number of benzene rings is 2. The Hall–Kier alpha value is -2.11. The van der Waals surface area contributed by atoms with Gasteiger partial charge in [-0.2, -0.15) is 0 Å². The van der Waals surface area contributed by atoms with Crippen molar-refractivity contribution in [1.82, 2.24) is 10.6 Å². The number of fused-ring (bicyclic) bond motifs is 1. The summed E-state index contributed by atoms with van der Waals surface area (Å²) in [5.74, 6) is 0.856. The predicted molar refractivity (Wildman–Crippen MR) is 116 cm³/mol. The summed E-state index contributed by atoms with van der Waals surface area (Å²) in [5, 5.41) is 9.39. The smallest absolute Gasteiger partial charge is 0.191 e. The molecule has 1 aliphatic heterocycles. The third kappa shape index (κ3) is 6.21. The lowest BCUT2D eigenvalue weighted by Gasteiger charge is -2.22. The highest BCUT2D eigenvalue weighted by Crippen LogP contribution is 2.20. The van der Waals surface area contributed by atoms with Gasteiger partial charge in [-0.3, -0.25) is 4.99 Å². The maximum Gasteiger partial charge on any atom is 0.191 e. The monoisotopic (exact) mass is 383 g/mol. The molecule has 2 aromatic rings. The molecule has 0 aromatic heterocycles. The topological polar surface area (TPSA) is 54.9 Å². The highest BCUT2D eigenvalue weighted by Gasteiger charge is 2.13. The van der Waals surface area contributed by atoms with Crippen LogP contribution in [0.3, 0.4) is 0 Å². The number of ether oxygens (including phenoxy) is 2. The number of nitrogens with one attached hydrogen (secondary N) is 2. The molecule has 1 atom stereocenters. The molecular formula is C23H33N3O2. The molecule has 0 bridgehead atoms. The fourth-order valence-corrected chi connectivity index (χ4v) is 3.43. The van der Waals surface area contributed by atoms with Gasteiger partial charge in [0.1, 0.15) is 0 Å². The molecule has 1 unspecified atom stereocenters. The Morgan fingerprint density at radius 2 is 1.96 bits per heavy atom. The van der Waals surface area contributed by atoms with Crippen molar-refractivity contribution >= 4 is 16.7 Å². The van der Waals surface area contributed by atoms with Crippen molar-refractivity contribution in [1.29, 1.82) is 0 Å². The van der Waals surface area contributed by atoms with Gasteiger partial charge in [-0.05, 0) is 55.5 Å². The van der Waals surface area contributed by atoms with E-state index in [2.05, 4.69) is 66.9 Å². The normalized spacial score (nSPS) is 16.9. The summed E-state index contributed by atoms with van der Waals surface area (Å²) in [7, 11) is 0. The molecule has 1 heterocycles. The molecule has 3 rings (SSSR count). The molecule has 2 N–H and O–H groups in total. The average molecular weight is 384 g/mol. The van der Waals surface area contributed by atoms with Crippen LogP contribution >= 0.6 is 0 Å². The van der Waals surface area contributed by atoms with Gasteiger partial charge in [-0.25, -0.2) is 0 Å². The van der Waals surface area contributed by atoms with E-state index in [9.17, 15) is 0 Å². The Kier molecular flexibility index (Phi) is 8.12. The number of aliphatic imine (C=N–C) groups is 1. The van der Waals surface area contributed by atoms with E-state index in [1.165, 1.54) is 16.3 Å². The lowest BCUT2D eigenvalue weighted by atomic mass is 10.0. The van der Waals surface area contributed by atoms with Crippen LogP contribution in [-0.2, 0) is 9.47 Å². The number of hydrogen-bond acceptors (Lipinski definition) is 3. The summed E-state index contributed by atoms with van der Waals surface area (Å²) >= 11 is 0. The maximum atomic E-state index is 5.93. The maximum absolute atomic E-state index is 5.93. The Labute approximate surface area is 168 Å². The van der Waals surface area contributed by atoms with Crippen molar-refractivity contribution in [2.45, 2.75) is 45.3 Å². The van der Waals surface area contributed by atoms with Crippen LogP contribution in [-0.4, -0.2) is 45.0 Å². The molecule has 0 radical (unpaired) electrons. The van der Waals surface area contributed by atoms with E-state index in [0.717, 1.165) is 58.1 Å². The molecule has 2 aromatic carbocycles. The van der Waals surface area contributed by atoms with Gasteiger partial charge in [0.15, 0.2) is 5.96 Å². The quantitative estimate of drug-likeness (QED) is 0.410. The van der Waals surface area contributed by atoms with Crippen molar-refractivity contribution < 1.29 is 9.47 Å². The van der Waals surface area contributed by atoms with Crippen LogP contribution in [0, 0.1) is 0 Å². The van der Waals surface area contributed by atoms with E-state index in [-0.39, 0.29) is 6.04 Å². The van der Waals surface area contributed by atoms with Gasteiger partial charge < -0.3 is 20.1 Å². The molecule has 1 aliphatic rings. The molecule has 5 heteroatoms. The van der Waals surface area contributed by atoms with Crippen LogP contribution < -0.4 is 10.6 Å². The highest BCUT2D eigenvalue weighted by atomic mass is 16.5. The number of nitrogens with zero attached hydrogens (tertiary/aromatic N) is 1. The first-order chi connectivity index (χ1) is 13.8. The van der Waals surface area contributed by atoms with Crippen LogP contribution in [0.1, 0.15) is 44.7 Å². The molecule has 1 saturated heterocycles.